The van der Waals surface area contributed by atoms with Crippen LogP contribution in [0.1, 0.15) is 39.0 Å². The molecular weight excluding hydrogens is 318 g/mol. The molecule has 4 heteroatoms. The molecule has 0 aliphatic rings. The highest BCUT2D eigenvalue weighted by atomic mass is 79.9. The zero-order chi connectivity index (χ0) is 14.3. The fourth-order valence-electron chi connectivity index (χ4n) is 1.84. The summed E-state index contributed by atoms with van der Waals surface area (Å²) in [5, 5.41) is 0. The third-order valence-electron chi connectivity index (χ3n) is 3.06. The summed E-state index contributed by atoms with van der Waals surface area (Å²) in [5.41, 5.74) is 1.12. The molecule has 0 unspecified atom stereocenters. The Morgan fingerprint density at radius 2 is 1.85 bits per heavy atom. The molecule has 0 amide bonds. The highest BCUT2D eigenvalue weighted by molar-refractivity contribution is 5.72. The van der Waals surface area contributed by atoms with E-state index in [1.54, 1.807) is 0 Å². The number of hydrogen-bond acceptors (Lipinski definition) is 2. The Labute approximate surface area is 133 Å². The topological polar surface area (TPSA) is 26.3 Å². The number of benzene rings is 1. The zero-order valence-corrected chi connectivity index (χ0v) is 14.6. The maximum absolute atomic E-state index is 11.7. The van der Waals surface area contributed by atoms with Gasteiger partial charge in [-0.15, -0.1) is 0 Å². The lowest BCUT2D eigenvalue weighted by atomic mass is 10.1. The lowest BCUT2D eigenvalue weighted by Gasteiger charge is -2.23. The van der Waals surface area contributed by atoms with Crippen molar-refractivity contribution < 1.29 is 26.5 Å². The molecule has 1 rings (SSSR count). The van der Waals surface area contributed by atoms with Gasteiger partial charge in [0, 0.05) is 12.5 Å². The van der Waals surface area contributed by atoms with Crippen LogP contribution in [0.25, 0.3) is 0 Å². The third kappa shape index (κ3) is 7.06. The summed E-state index contributed by atoms with van der Waals surface area (Å²) < 4.78 is 6.09. The summed E-state index contributed by atoms with van der Waals surface area (Å²) in [6.07, 6.45) is 4.89. The lowest BCUT2D eigenvalue weighted by Crippen LogP contribution is -3.00. The molecule has 20 heavy (non-hydrogen) atoms. The van der Waals surface area contributed by atoms with E-state index in [-0.39, 0.29) is 23.0 Å². The Hall–Kier alpha value is -0.870. The SMILES string of the molecule is CCCCCCC(=O)Oc1cccc([N+](C)(C)C)c1.[Br-]. The van der Waals surface area contributed by atoms with E-state index in [4.69, 9.17) is 4.74 Å². The minimum absolute atomic E-state index is 0. The number of hydrogen-bond donors (Lipinski definition) is 0. The van der Waals surface area contributed by atoms with Crippen molar-refractivity contribution in [3.63, 3.8) is 0 Å². The van der Waals surface area contributed by atoms with Gasteiger partial charge in [0.15, 0.2) is 0 Å². The molecule has 1 aromatic rings. The molecule has 0 bridgehead atoms. The summed E-state index contributed by atoms with van der Waals surface area (Å²) in [6.45, 7) is 2.16. The highest BCUT2D eigenvalue weighted by Gasteiger charge is 2.13. The minimum Gasteiger partial charge on any atom is -1.00 e. The molecule has 0 aliphatic carbocycles. The summed E-state index contributed by atoms with van der Waals surface area (Å²) in [7, 11) is 6.27. The Morgan fingerprint density at radius 1 is 1.15 bits per heavy atom. The van der Waals surface area contributed by atoms with Crippen molar-refractivity contribution >= 4 is 11.7 Å². The second kappa shape index (κ2) is 9.14. The normalized spacial score (nSPS) is 10.8. The first-order valence-electron chi connectivity index (χ1n) is 7.06. The first kappa shape index (κ1) is 19.1. The van der Waals surface area contributed by atoms with Crippen LogP contribution in [-0.2, 0) is 4.79 Å². The summed E-state index contributed by atoms with van der Waals surface area (Å²) in [5.74, 6) is 0.515. The molecule has 114 valence electrons. The van der Waals surface area contributed by atoms with Crippen LogP contribution in [0.15, 0.2) is 24.3 Å². The fraction of sp³-hybridized carbons (Fsp3) is 0.562. The van der Waals surface area contributed by atoms with Crippen molar-refractivity contribution in [2.75, 3.05) is 21.1 Å². The first-order valence-corrected chi connectivity index (χ1v) is 7.06. The van der Waals surface area contributed by atoms with Crippen LogP contribution in [0.3, 0.4) is 0 Å². The van der Waals surface area contributed by atoms with Gasteiger partial charge in [-0.05, 0) is 18.6 Å². The Morgan fingerprint density at radius 3 is 2.45 bits per heavy atom. The lowest BCUT2D eigenvalue weighted by molar-refractivity contribution is -0.134. The van der Waals surface area contributed by atoms with Gasteiger partial charge < -0.3 is 21.7 Å². The number of quaternary nitrogens is 1. The van der Waals surface area contributed by atoms with Crippen LogP contribution in [0.4, 0.5) is 5.69 Å². The number of rotatable bonds is 7. The van der Waals surface area contributed by atoms with Gasteiger partial charge in [0.1, 0.15) is 11.4 Å². The van der Waals surface area contributed by atoms with E-state index in [1.165, 1.54) is 12.8 Å². The largest absolute Gasteiger partial charge is 1.00 e. The monoisotopic (exact) mass is 343 g/mol. The Balaban J connectivity index is 0.00000361. The molecule has 0 N–H and O–H groups in total. The summed E-state index contributed by atoms with van der Waals surface area (Å²) in [4.78, 5) is 11.7. The van der Waals surface area contributed by atoms with Crippen LogP contribution >= 0.6 is 0 Å². The van der Waals surface area contributed by atoms with Crippen LogP contribution in [0, 0.1) is 0 Å². The molecule has 0 heterocycles. The van der Waals surface area contributed by atoms with E-state index < -0.39 is 0 Å². The average Bonchev–Trinajstić information content (AvgIpc) is 2.34. The fourth-order valence-corrected chi connectivity index (χ4v) is 1.84. The van der Waals surface area contributed by atoms with Crippen molar-refractivity contribution in [3.8, 4) is 5.75 Å². The predicted octanol–water partition coefficient (Wildman–Crippen LogP) is 0.763. The van der Waals surface area contributed by atoms with Gasteiger partial charge in [-0.2, -0.15) is 0 Å². The van der Waals surface area contributed by atoms with E-state index in [0.717, 1.165) is 18.5 Å². The van der Waals surface area contributed by atoms with E-state index >= 15 is 0 Å². The van der Waals surface area contributed by atoms with Gasteiger partial charge in [0.05, 0.1) is 21.1 Å². The second-order valence-corrected chi connectivity index (χ2v) is 5.79. The third-order valence-corrected chi connectivity index (χ3v) is 3.06. The number of unbranched alkanes of at least 4 members (excludes halogenated alkanes) is 3. The van der Waals surface area contributed by atoms with Crippen molar-refractivity contribution in [2.45, 2.75) is 39.0 Å². The summed E-state index contributed by atoms with van der Waals surface area (Å²) in [6, 6.07) is 7.74. The molecule has 0 atom stereocenters. The number of ether oxygens (including phenoxy) is 1. The van der Waals surface area contributed by atoms with E-state index in [9.17, 15) is 4.79 Å². The van der Waals surface area contributed by atoms with Gasteiger partial charge in [-0.1, -0.05) is 32.3 Å². The number of nitrogens with zero attached hydrogens (tertiary/aromatic N) is 1. The molecule has 1 aromatic carbocycles. The number of carbonyl (C=O) groups is 1. The summed E-state index contributed by atoms with van der Waals surface area (Å²) >= 11 is 0. The van der Waals surface area contributed by atoms with E-state index in [2.05, 4.69) is 28.1 Å². The first-order chi connectivity index (χ1) is 8.93. The molecule has 3 nitrogen and oxygen atoms in total. The zero-order valence-electron chi connectivity index (χ0n) is 13.0. The Kier molecular flexibility index (Phi) is 8.74. The average molecular weight is 344 g/mol. The standard InChI is InChI=1S/C16H26NO2.BrH/c1-5-6-7-8-12-16(18)19-15-11-9-10-14(13-15)17(2,3)4;/h9-11,13H,5-8,12H2,1-4H3;1H/q+1;/p-1. The maximum atomic E-state index is 11.7. The smallest absolute Gasteiger partial charge is 0.311 e. The van der Waals surface area contributed by atoms with Crippen molar-refractivity contribution in [3.05, 3.63) is 24.3 Å². The van der Waals surface area contributed by atoms with Crippen LogP contribution in [0.5, 0.6) is 5.75 Å². The quantitative estimate of drug-likeness (QED) is 0.316. The van der Waals surface area contributed by atoms with Gasteiger partial charge in [0.2, 0.25) is 0 Å². The maximum Gasteiger partial charge on any atom is 0.311 e. The van der Waals surface area contributed by atoms with Crippen molar-refractivity contribution in [1.82, 2.24) is 4.48 Å². The van der Waals surface area contributed by atoms with E-state index in [0.29, 0.717) is 16.7 Å². The molecular formula is C16H26BrNO2. The van der Waals surface area contributed by atoms with E-state index in [1.807, 2.05) is 24.3 Å². The number of esters is 1. The van der Waals surface area contributed by atoms with Crippen LogP contribution in [0.2, 0.25) is 0 Å². The van der Waals surface area contributed by atoms with Crippen LogP contribution < -0.4 is 26.2 Å². The number of carbonyl (C=O) groups excluding carboxylic acids is 1. The molecule has 0 aliphatic heterocycles. The van der Waals surface area contributed by atoms with Crippen molar-refractivity contribution in [1.29, 1.82) is 0 Å². The Bertz CT molecular complexity index is 413. The van der Waals surface area contributed by atoms with Crippen molar-refractivity contribution in [2.24, 2.45) is 0 Å². The second-order valence-electron chi connectivity index (χ2n) is 5.79. The molecule has 0 aromatic heterocycles. The van der Waals surface area contributed by atoms with Gasteiger partial charge >= 0.3 is 5.97 Å². The van der Waals surface area contributed by atoms with Gasteiger partial charge in [-0.25, -0.2) is 0 Å². The van der Waals surface area contributed by atoms with Gasteiger partial charge in [0.25, 0.3) is 0 Å². The number of halogens is 1. The molecule has 0 saturated carbocycles. The predicted molar refractivity (Wildman–Crippen MR) is 80.4 cm³/mol. The molecule has 0 fully saturated rings. The molecule has 0 saturated heterocycles. The molecule has 0 spiro atoms. The highest BCUT2D eigenvalue weighted by Crippen LogP contribution is 2.23. The van der Waals surface area contributed by atoms with Gasteiger partial charge in [-0.3, -0.25) is 9.28 Å². The minimum atomic E-state index is -0.130. The molecule has 0 radical (unpaired) electrons. The van der Waals surface area contributed by atoms with Crippen LogP contribution in [-0.4, -0.2) is 27.1 Å².